The number of sulfone groups is 1. The van der Waals surface area contributed by atoms with Gasteiger partial charge in [0.25, 0.3) is 11.8 Å². The maximum atomic E-state index is 14.4. The van der Waals surface area contributed by atoms with E-state index in [4.69, 9.17) is 0 Å². The Hall–Kier alpha value is -4.13. The van der Waals surface area contributed by atoms with Gasteiger partial charge in [0.1, 0.15) is 23.0 Å². The number of benzene rings is 1. The zero-order chi connectivity index (χ0) is 29.2. The molecule has 0 unspecified atom stereocenters. The van der Waals surface area contributed by atoms with Gasteiger partial charge in [-0.05, 0) is 44.1 Å². The van der Waals surface area contributed by atoms with Crippen molar-refractivity contribution in [3.8, 4) is 5.75 Å². The molecule has 2 aliphatic rings. The van der Waals surface area contributed by atoms with Gasteiger partial charge in [0.2, 0.25) is 5.75 Å². The third-order valence-corrected chi connectivity index (χ3v) is 8.57. The zero-order valence-electron chi connectivity index (χ0n) is 21.7. The summed E-state index contributed by atoms with van der Waals surface area (Å²) < 4.78 is 55.7. The van der Waals surface area contributed by atoms with Crippen LogP contribution in [0.1, 0.15) is 52.5 Å². The molecule has 4 rings (SSSR count). The van der Waals surface area contributed by atoms with Crippen molar-refractivity contribution in [2.45, 2.75) is 32.4 Å². The number of amides is 2. The van der Waals surface area contributed by atoms with Crippen LogP contribution in [0, 0.1) is 11.6 Å². The van der Waals surface area contributed by atoms with E-state index in [0.29, 0.717) is 12.8 Å². The summed E-state index contributed by atoms with van der Waals surface area (Å²) in [4.78, 5) is 45.6. The Morgan fingerprint density at radius 3 is 2.55 bits per heavy atom. The molecule has 2 amide bonds. The Balaban J connectivity index is 1.66. The second-order valence-electron chi connectivity index (χ2n) is 9.29. The molecule has 0 aliphatic carbocycles. The molecule has 1 N–H and O–H groups in total. The van der Waals surface area contributed by atoms with Gasteiger partial charge < -0.3 is 19.5 Å². The zero-order valence-corrected chi connectivity index (χ0v) is 22.5. The van der Waals surface area contributed by atoms with E-state index in [1.807, 2.05) is 0 Å². The highest BCUT2D eigenvalue weighted by Crippen LogP contribution is 2.35. The molecule has 1 atom stereocenters. The highest BCUT2D eigenvalue weighted by atomic mass is 32.2. The summed E-state index contributed by atoms with van der Waals surface area (Å²) in [5.41, 5.74) is -2.23. The summed E-state index contributed by atoms with van der Waals surface area (Å²) in [6.45, 7) is 5.17. The highest BCUT2D eigenvalue weighted by molar-refractivity contribution is 7.95. The molecule has 1 fully saturated rings. The quantitative estimate of drug-likeness (QED) is 0.480. The number of carbonyl (C=O) groups is 2. The Kier molecular flexibility index (Phi) is 8.33. The number of aromatic hydroxyl groups is 1. The lowest BCUT2D eigenvalue weighted by Crippen LogP contribution is -2.46. The van der Waals surface area contributed by atoms with Crippen LogP contribution in [-0.2, 0) is 16.4 Å². The number of rotatable bonds is 8. The first-order chi connectivity index (χ1) is 19.0. The first-order valence-electron chi connectivity index (χ1n) is 12.6. The van der Waals surface area contributed by atoms with Crippen LogP contribution in [0.3, 0.4) is 0 Å². The lowest BCUT2D eigenvalue weighted by Gasteiger charge is -2.33. The number of hydrogen-bond acceptors (Lipinski definition) is 7. The SMILES string of the molecule is C=C/C=C(\C=C/C)S(=O)(=O)CCN1CCn2c([C@@H]3CCCN3C(=O)c3c(F)cccc3F)nc(=O)c(O)c2C1=O. The summed E-state index contributed by atoms with van der Waals surface area (Å²) >= 11 is 0. The largest absolute Gasteiger partial charge is 0.501 e. The van der Waals surface area contributed by atoms with Crippen LogP contribution in [0.2, 0.25) is 0 Å². The first-order valence-corrected chi connectivity index (χ1v) is 14.2. The van der Waals surface area contributed by atoms with Crippen molar-refractivity contribution in [1.82, 2.24) is 19.4 Å². The van der Waals surface area contributed by atoms with Crippen molar-refractivity contribution < 1.29 is 31.9 Å². The molecule has 2 aliphatic heterocycles. The lowest BCUT2D eigenvalue weighted by atomic mass is 10.1. The summed E-state index contributed by atoms with van der Waals surface area (Å²) in [5.74, 6) is -5.08. The van der Waals surface area contributed by atoms with Crippen LogP contribution in [0.25, 0.3) is 0 Å². The number of fused-ring (bicyclic) bond motifs is 1. The normalized spacial score (nSPS) is 17.9. The van der Waals surface area contributed by atoms with E-state index in [1.54, 1.807) is 13.0 Å². The van der Waals surface area contributed by atoms with E-state index in [0.717, 1.165) is 18.2 Å². The van der Waals surface area contributed by atoms with E-state index in [1.165, 1.54) is 32.6 Å². The maximum Gasteiger partial charge on any atom is 0.315 e. The van der Waals surface area contributed by atoms with E-state index in [9.17, 15) is 36.7 Å². The molecule has 13 heteroatoms. The average molecular weight is 575 g/mol. The van der Waals surface area contributed by atoms with Crippen LogP contribution >= 0.6 is 0 Å². The van der Waals surface area contributed by atoms with Crippen LogP contribution in [0.5, 0.6) is 5.75 Å². The highest BCUT2D eigenvalue weighted by Gasteiger charge is 2.39. The van der Waals surface area contributed by atoms with E-state index < -0.39 is 62.0 Å². The van der Waals surface area contributed by atoms with Crippen LogP contribution in [-0.4, -0.2) is 70.1 Å². The molecule has 0 bridgehead atoms. The Labute approximate surface area is 229 Å². The lowest BCUT2D eigenvalue weighted by molar-refractivity contribution is 0.0687. The monoisotopic (exact) mass is 574 g/mol. The number of hydrogen-bond donors (Lipinski definition) is 1. The summed E-state index contributed by atoms with van der Waals surface area (Å²) in [7, 11) is -3.78. The molecule has 0 radical (unpaired) electrons. The standard InChI is InChI=1S/C27H28F2N4O6S/c1-3-7-17(8-4-2)40(38,39)16-15-31-13-14-33-22(27(31)37)23(34)25(35)30-24(33)20-11-6-12-32(20)26(36)21-18(28)9-5-10-19(21)29/h3-5,7-10,20,34H,1,6,11-16H2,2H3/b8-4-,17-7+/t20-/m0/s1. The number of aromatic nitrogens is 2. The van der Waals surface area contributed by atoms with Gasteiger partial charge >= 0.3 is 5.56 Å². The third-order valence-electron chi connectivity index (χ3n) is 6.86. The molecule has 10 nitrogen and oxygen atoms in total. The van der Waals surface area contributed by atoms with Crippen molar-refractivity contribution in [3.05, 3.63) is 93.1 Å². The second-order valence-corrected chi connectivity index (χ2v) is 11.4. The van der Waals surface area contributed by atoms with Crippen LogP contribution < -0.4 is 5.56 Å². The number of carbonyl (C=O) groups excluding carboxylic acids is 2. The summed E-state index contributed by atoms with van der Waals surface area (Å²) in [5, 5.41) is 10.5. The summed E-state index contributed by atoms with van der Waals surface area (Å²) in [6, 6.07) is 2.19. The minimum atomic E-state index is -3.78. The minimum absolute atomic E-state index is 0.00491. The number of allylic oxidation sites excluding steroid dienone is 4. The van der Waals surface area contributed by atoms with Crippen LogP contribution in [0.4, 0.5) is 8.78 Å². The number of nitrogens with zero attached hydrogens (tertiary/aromatic N) is 4. The predicted octanol–water partition coefficient (Wildman–Crippen LogP) is 2.72. The van der Waals surface area contributed by atoms with Gasteiger partial charge in [-0.25, -0.2) is 17.2 Å². The Morgan fingerprint density at radius 1 is 1.20 bits per heavy atom. The van der Waals surface area contributed by atoms with E-state index in [-0.39, 0.29) is 42.6 Å². The minimum Gasteiger partial charge on any atom is -0.501 e. The maximum absolute atomic E-state index is 14.4. The van der Waals surface area contributed by atoms with Gasteiger partial charge in [-0.3, -0.25) is 14.4 Å². The smallest absolute Gasteiger partial charge is 0.315 e. The summed E-state index contributed by atoms with van der Waals surface area (Å²) in [6.07, 6.45) is 6.40. The molecule has 0 spiro atoms. The molecule has 1 aromatic heterocycles. The fourth-order valence-electron chi connectivity index (χ4n) is 4.96. The van der Waals surface area contributed by atoms with Crippen LogP contribution in [0.15, 0.2) is 58.8 Å². The second kappa shape index (κ2) is 11.5. The topological polar surface area (TPSA) is 130 Å². The molecular formula is C27H28F2N4O6S. The number of likely N-dealkylation sites (tertiary alicyclic amines) is 1. The van der Waals surface area contributed by atoms with Crippen molar-refractivity contribution in [1.29, 1.82) is 0 Å². The van der Waals surface area contributed by atoms with Gasteiger partial charge in [0.05, 0.1) is 16.7 Å². The van der Waals surface area contributed by atoms with Gasteiger partial charge in [-0.1, -0.05) is 24.8 Å². The van der Waals surface area contributed by atoms with Crippen molar-refractivity contribution in [2.75, 3.05) is 25.4 Å². The number of halogens is 2. The fourth-order valence-corrected chi connectivity index (χ4v) is 6.30. The average Bonchev–Trinajstić information content (AvgIpc) is 3.39. The Morgan fingerprint density at radius 2 is 1.90 bits per heavy atom. The Bertz CT molecular complexity index is 1580. The first kappa shape index (κ1) is 28.9. The molecule has 212 valence electrons. The van der Waals surface area contributed by atoms with Crippen molar-refractivity contribution in [3.63, 3.8) is 0 Å². The molecule has 2 aromatic rings. The predicted molar refractivity (Wildman–Crippen MR) is 142 cm³/mol. The molecule has 0 saturated carbocycles. The van der Waals surface area contributed by atoms with E-state index >= 15 is 0 Å². The molecule has 3 heterocycles. The van der Waals surface area contributed by atoms with E-state index in [2.05, 4.69) is 11.6 Å². The van der Waals surface area contributed by atoms with Gasteiger partial charge in [0, 0.05) is 26.2 Å². The van der Waals surface area contributed by atoms with Gasteiger partial charge in [-0.2, -0.15) is 4.98 Å². The van der Waals surface area contributed by atoms with Crippen molar-refractivity contribution in [2.24, 2.45) is 0 Å². The molecule has 1 aromatic carbocycles. The third kappa shape index (κ3) is 5.33. The van der Waals surface area contributed by atoms with Gasteiger partial charge in [0.15, 0.2) is 15.5 Å². The molecule has 1 saturated heterocycles. The van der Waals surface area contributed by atoms with Gasteiger partial charge in [-0.15, -0.1) is 0 Å². The van der Waals surface area contributed by atoms with Crippen molar-refractivity contribution >= 4 is 21.7 Å². The molecule has 40 heavy (non-hydrogen) atoms. The fraction of sp³-hybridized carbons (Fsp3) is 0.333. The molecular weight excluding hydrogens is 546 g/mol.